The van der Waals surface area contributed by atoms with E-state index >= 15 is 0 Å². The zero-order valence-electron chi connectivity index (χ0n) is 10.8. The van der Waals surface area contributed by atoms with Crippen LogP contribution in [0.2, 0.25) is 5.02 Å². The Balaban J connectivity index is 2.12. The van der Waals surface area contributed by atoms with Crippen molar-refractivity contribution in [3.63, 3.8) is 0 Å². The fourth-order valence-corrected chi connectivity index (χ4v) is 3.19. The topological polar surface area (TPSA) is 0 Å². The van der Waals surface area contributed by atoms with Gasteiger partial charge < -0.3 is 0 Å². The lowest BCUT2D eigenvalue weighted by Gasteiger charge is -2.16. The van der Waals surface area contributed by atoms with Crippen LogP contribution in [0.25, 0.3) is 0 Å². The van der Waals surface area contributed by atoms with Gasteiger partial charge in [-0.05, 0) is 42.4 Å². The molecule has 1 aromatic carbocycles. The zero-order chi connectivity index (χ0) is 12.1. The SMILES string of the molecule is CCCc1ccc(C2CCCCCC2)cc1Cl. The Morgan fingerprint density at radius 1 is 1.12 bits per heavy atom. The first kappa shape index (κ1) is 13.0. The van der Waals surface area contributed by atoms with Crippen LogP contribution < -0.4 is 0 Å². The molecule has 0 amide bonds. The summed E-state index contributed by atoms with van der Waals surface area (Å²) in [6.45, 7) is 2.20. The highest BCUT2D eigenvalue weighted by Crippen LogP contribution is 2.33. The van der Waals surface area contributed by atoms with Gasteiger partial charge in [0.1, 0.15) is 0 Å². The number of aryl methyl sites for hydroxylation is 1. The lowest BCUT2D eigenvalue weighted by molar-refractivity contribution is 0.592. The molecular formula is C16H23Cl. The molecule has 0 aromatic heterocycles. The van der Waals surface area contributed by atoms with E-state index in [0.717, 1.165) is 17.4 Å². The van der Waals surface area contributed by atoms with Crippen LogP contribution in [0, 0.1) is 0 Å². The average molecular weight is 251 g/mol. The van der Waals surface area contributed by atoms with Gasteiger partial charge in [0, 0.05) is 5.02 Å². The van der Waals surface area contributed by atoms with Crippen molar-refractivity contribution in [1.82, 2.24) is 0 Å². The van der Waals surface area contributed by atoms with E-state index in [1.165, 1.54) is 56.1 Å². The summed E-state index contributed by atoms with van der Waals surface area (Å²) in [5.41, 5.74) is 2.78. The fourth-order valence-electron chi connectivity index (χ4n) is 2.90. The number of hydrogen-bond donors (Lipinski definition) is 0. The van der Waals surface area contributed by atoms with Crippen molar-refractivity contribution in [1.29, 1.82) is 0 Å². The molecular weight excluding hydrogens is 228 g/mol. The Kier molecular flexibility index (Phi) is 4.91. The lowest BCUT2D eigenvalue weighted by atomic mass is 9.91. The summed E-state index contributed by atoms with van der Waals surface area (Å²) in [5, 5.41) is 0.980. The zero-order valence-corrected chi connectivity index (χ0v) is 11.6. The summed E-state index contributed by atoms with van der Waals surface area (Å²) in [6, 6.07) is 6.78. The predicted molar refractivity (Wildman–Crippen MR) is 75.9 cm³/mol. The predicted octanol–water partition coefficient (Wildman–Crippen LogP) is 5.73. The largest absolute Gasteiger partial charge is 0.0840 e. The Morgan fingerprint density at radius 3 is 2.41 bits per heavy atom. The third-order valence-corrected chi connectivity index (χ3v) is 4.27. The van der Waals surface area contributed by atoms with Gasteiger partial charge in [0.2, 0.25) is 0 Å². The van der Waals surface area contributed by atoms with Crippen molar-refractivity contribution < 1.29 is 0 Å². The first-order chi connectivity index (χ1) is 8.31. The molecule has 1 aromatic rings. The molecule has 17 heavy (non-hydrogen) atoms. The second-order valence-electron chi connectivity index (χ2n) is 5.29. The second kappa shape index (κ2) is 6.44. The van der Waals surface area contributed by atoms with E-state index < -0.39 is 0 Å². The first-order valence-corrected chi connectivity index (χ1v) is 7.47. The number of rotatable bonds is 3. The molecule has 1 aliphatic rings. The summed E-state index contributed by atoms with van der Waals surface area (Å²) in [6.07, 6.45) is 10.6. The maximum atomic E-state index is 6.37. The Morgan fingerprint density at radius 2 is 1.82 bits per heavy atom. The van der Waals surface area contributed by atoms with Gasteiger partial charge in [0.25, 0.3) is 0 Å². The van der Waals surface area contributed by atoms with E-state index in [0.29, 0.717) is 0 Å². The molecule has 0 unspecified atom stereocenters. The molecule has 1 saturated carbocycles. The maximum Gasteiger partial charge on any atom is 0.0440 e. The van der Waals surface area contributed by atoms with Crippen molar-refractivity contribution in [2.45, 2.75) is 64.2 Å². The van der Waals surface area contributed by atoms with Crippen LogP contribution in [0.5, 0.6) is 0 Å². The van der Waals surface area contributed by atoms with Gasteiger partial charge >= 0.3 is 0 Å². The molecule has 0 saturated heterocycles. The standard InChI is InChI=1S/C16H23Cl/c1-2-7-14-10-11-15(12-16(14)17)13-8-5-3-4-6-9-13/h10-13H,2-9H2,1H3. The highest BCUT2D eigenvalue weighted by molar-refractivity contribution is 6.31. The highest BCUT2D eigenvalue weighted by Gasteiger charge is 2.15. The summed E-state index contributed by atoms with van der Waals surface area (Å²) < 4.78 is 0. The Bertz CT molecular complexity index is 349. The molecule has 0 bridgehead atoms. The normalized spacial score (nSPS) is 18.0. The minimum atomic E-state index is 0.755. The molecule has 0 heterocycles. The average Bonchev–Trinajstić information content (AvgIpc) is 2.60. The monoisotopic (exact) mass is 250 g/mol. The van der Waals surface area contributed by atoms with E-state index in [9.17, 15) is 0 Å². The van der Waals surface area contributed by atoms with Crippen molar-refractivity contribution >= 4 is 11.6 Å². The van der Waals surface area contributed by atoms with Crippen molar-refractivity contribution in [2.75, 3.05) is 0 Å². The van der Waals surface area contributed by atoms with E-state index in [1.54, 1.807) is 0 Å². The van der Waals surface area contributed by atoms with Crippen LogP contribution in [-0.4, -0.2) is 0 Å². The van der Waals surface area contributed by atoms with Crippen molar-refractivity contribution in [3.8, 4) is 0 Å². The third kappa shape index (κ3) is 3.48. The van der Waals surface area contributed by atoms with Gasteiger partial charge in [0.05, 0.1) is 0 Å². The minimum Gasteiger partial charge on any atom is -0.0840 e. The Labute approximate surface area is 110 Å². The van der Waals surface area contributed by atoms with E-state index in [1.807, 2.05) is 0 Å². The molecule has 94 valence electrons. The molecule has 0 spiro atoms. The smallest absolute Gasteiger partial charge is 0.0440 e. The molecule has 1 aliphatic carbocycles. The summed E-state index contributed by atoms with van der Waals surface area (Å²) in [7, 11) is 0. The third-order valence-electron chi connectivity index (χ3n) is 3.92. The molecule has 0 atom stereocenters. The summed E-state index contributed by atoms with van der Waals surface area (Å²) >= 11 is 6.37. The molecule has 0 N–H and O–H groups in total. The van der Waals surface area contributed by atoms with E-state index in [-0.39, 0.29) is 0 Å². The number of hydrogen-bond acceptors (Lipinski definition) is 0. The van der Waals surface area contributed by atoms with E-state index in [4.69, 9.17) is 11.6 Å². The molecule has 1 heteroatoms. The van der Waals surface area contributed by atoms with Crippen molar-refractivity contribution in [3.05, 3.63) is 34.3 Å². The molecule has 1 fully saturated rings. The minimum absolute atomic E-state index is 0.755. The van der Waals surface area contributed by atoms with E-state index in [2.05, 4.69) is 25.1 Å². The maximum absolute atomic E-state index is 6.37. The Hall–Kier alpha value is -0.490. The highest BCUT2D eigenvalue weighted by atomic mass is 35.5. The summed E-state index contributed by atoms with van der Waals surface area (Å²) in [5.74, 6) is 0.755. The quantitative estimate of drug-likeness (QED) is 0.601. The van der Waals surface area contributed by atoms with Crippen molar-refractivity contribution in [2.24, 2.45) is 0 Å². The second-order valence-corrected chi connectivity index (χ2v) is 5.70. The first-order valence-electron chi connectivity index (χ1n) is 7.09. The van der Waals surface area contributed by atoms with Gasteiger partial charge in [-0.15, -0.1) is 0 Å². The van der Waals surface area contributed by atoms with Crippen LogP contribution in [0.15, 0.2) is 18.2 Å². The number of benzene rings is 1. The van der Waals surface area contributed by atoms with Gasteiger partial charge in [-0.3, -0.25) is 0 Å². The van der Waals surface area contributed by atoms with Gasteiger partial charge in [-0.1, -0.05) is 62.8 Å². The van der Waals surface area contributed by atoms with Gasteiger partial charge in [-0.2, -0.15) is 0 Å². The summed E-state index contributed by atoms with van der Waals surface area (Å²) in [4.78, 5) is 0. The van der Waals surface area contributed by atoms with Gasteiger partial charge in [0.15, 0.2) is 0 Å². The van der Waals surface area contributed by atoms with Crippen LogP contribution in [-0.2, 0) is 6.42 Å². The molecule has 0 radical (unpaired) electrons. The van der Waals surface area contributed by atoms with Crippen LogP contribution >= 0.6 is 11.6 Å². The van der Waals surface area contributed by atoms with Gasteiger partial charge in [-0.25, -0.2) is 0 Å². The fraction of sp³-hybridized carbons (Fsp3) is 0.625. The lowest BCUT2D eigenvalue weighted by Crippen LogP contribution is -1.98. The van der Waals surface area contributed by atoms with Crippen LogP contribution in [0.3, 0.4) is 0 Å². The molecule has 0 aliphatic heterocycles. The number of halogens is 1. The molecule has 0 nitrogen and oxygen atoms in total. The van der Waals surface area contributed by atoms with Crippen LogP contribution in [0.1, 0.15) is 68.9 Å². The van der Waals surface area contributed by atoms with Crippen LogP contribution in [0.4, 0.5) is 0 Å². The molecule has 2 rings (SSSR count).